The average molecular weight is 327 g/mol. The molecule has 24 heavy (non-hydrogen) atoms. The highest BCUT2D eigenvalue weighted by molar-refractivity contribution is 5.79. The fourth-order valence-corrected chi connectivity index (χ4v) is 2.80. The minimum atomic E-state index is -0.326. The van der Waals surface area contributed by atoms with Crippen molar-refractivity contribution in [1.82, 2.24) is 15.0 Å². The molecule has 7 heteroatoms. The van der Waals surface area contributed by atoms with Gasteiger partial charge >= 0.3 is 0 Å². The quantitative estimate of drug-likeness (QED) is 0.736. The van der Waals surface area contributed by atoms with Crippen LogP contribution in [-0.4, -0.2) is 27.5 Å². The number of hydrogen-bond acceptors (Lipinski definition) is 5. The molecule has 0 radical (unpaired) electrons. The Bertz CT molecular complexity index is 842. The number of furan rings is 1. The van der Waals surface area contributed by atoms with E-state index in [2.05, 4.69) is 10.1 Å². The summed E-state index contributed by atoms with van der Waals surface area (Å²) >= 11 is 0. The first-order chi connectivity index (χ1) is 11.7. The van der Waals surface area contributed by atoms with Crippen molar-refractivity contribution in [3.8, 4) is 11.5 Å². The summed E-state index contributed by atoms with van der Waals surface area (Å²) in [5.74, 6) is 1.14. The highest BCUT2D eigenvalue weighted by Crippen LogP contribution is 2.29. The number of benzene rings is 1. The maximum atomic E-state index is 13.0. The van der Waals surface area contributed by atoms with Gasteiger partial charge in [0.15, 0.2) is 5.82 Å². The second-order valence-corrected chi connectivity index (χ2v) is 5.72. The van der Waals surface area contributed by atoms with Gasteiger partial charge in [-0.1, -0.05) is 5.16 Å². The molecule has 1 amide bonds. The molecule has 1 aliphatic rings. The molecule has 1 aromatic carbocycles. The van der Waals surface area contributed by atoms with Crippen LogP contribution >= 0.6 is 0 Å². The van der Waals surface area contributed by atoms with E-state index < -0.39 is 0 Å². The Hall–Kier alpha value is -2.96. The molecule has 122 valence electrons. The molecule has 0 N–H and O–H groups in total. The lowest BCUT2D eigenvalue weighted by atomic mass is 10.1. The van der Waals surface area contributed by atoms with Crippen molar-refractivity contribution in [3.05, 3.63) is 60.1 Å². The van der Waals surface area contributed by atoms with Crippen molar-refractivity contribution in [2.75, 3.05) is 6.54 Å². The van der Waals surface area contributed by atoms with E-state index >= 15 is 0 Å². The molecule has 1 atom stereocenters. The fourth-order valence-electron chi connectivity index (χ4n) is 2.80. The van der Waals surface area contributed by atoms with E-state index in [0.29, 0.717) is 36.8 Å². The smallest absolute Gasteiger partial charge is 0.257 e. The Morgan fingerprint density at radius 1 is 1.25 bits per heavy atom. The normalized spacial score (nSPS) is 17.6. The molecule has 1 aliphatic heterocycles. The number of aromatic nitrogens is 2. The molecular weight excluding hydrogens is 313 g/mol. The molecule has 4 rings (SSSR count). The van der Waals surface area contributed by atoms with Gasteiger partial charge in [-0.05, 0) is 36.4 Å². The van der Waals surface area contributed by atoms with Crippen LogP contribution in [0.3, 0.4) is 0 Å². The van der Waals surface area contributed by atoms with E-state index in [9.17, 15) is 9.18 Å². The van der Waals surface area contributed by atoms with Crippen LogP contribution in [0.5, 0.6) is 0 Å². The number of amides is 1. The van der Waals surface area contributed by atoms with Crippen LogP contribution in [-0.2, 0) is 11.3 Å². The summed E-state index contributed by atoms with van der Waals surface area (Å²) in [7, 11) is 0. The van der Waals surface area contributed by atoms with Crippen LogP contribution < -0.4 is 0 Å². The van der Waals surface area contributed by atoms with E-state index in [1.165, 1.54) is 12.1 Å². The van der Waals surface area contributed by atoms with Gasteiger partial charge in [-0.15, -0.1) is 0 Å². The van der Waals surface area contributed by atoms with Gasteiger partial charge in [-0.3, -0.25) is 4.79 Å². The molecule has 0 aliphatic carbocycles. The lowest BCUT2D eigenvalue weighted by Gasteiger charge is -2.13. The minimum Gasteiger partial charge on any atom is -0.467 e. The topological polar surface area (TPSA) is 72.4 Å². The number of halogens is 1. The second-order valence-electron chi connectivity index (χ2n) is 5.72. The Morgan fingerprint density at radius 2 is 2.08 bits per heavy atom. The molecule has 0 saturated carbocycles. The van der Waals surface area contributed by atoms with E-state index in [0.717, 1.165) is 5.76 Å². The molecule has 1 unspecified atom stereocenters. The van der Waals surface area contributed by atoms with Gasteiger partial charge in [0.05, 0.1) is 12.8 Å². The summed E-state index contributed by atoms with van der Waals surface area (Å²) < 4.78 is 23.5. The monoisotopic (exact) mass is 327 g/mol. The Balaban J connectivity index is 1.49. The summed E-state index contributed by atoms with van der Waals surface area (Å²) in [6.45, 7) is 0.951. The maximum absolute atomic E-state index is 13.0. The third kappa shape index (κ3) is 2.80. The van der Waals surface area contributed by atoms with Crippen molar-refractivity contribution in [2.24, 2.45) is 0 Å². The van der Waals surface area contributed by atoms with Gasteiger partial charge < -0.3 is 13.8 Å². The number of carbonyl (C=O) groups excluding carboxylic acids is 1. The first-order valence-electron chi connectivity index (χ1n) is 7.59. The van der Waals surface area contributed by atoms with Crippen LogP contribution in [0, 0.1) is 5.82 Å². The Kier molecular flexibility index (Phi) is 3.60. The van der Waals surface area contributed by atoms with Gasteiger partial charge in [0.25, 0.3) is 5.89 Å². The van der Waals surface area contributed by atoms with Gasteiger partial charge in [0, 0.05) is 24.4 Å². The zero-order chi connectivity index (χ0) is 16.5. The van der Waals surface area contributed by atoms with E-state index in [4.69, 9.17) is 8.94 Å². The van der Waals surface area contributed by atoms with Gasteiger partial charge in [-0.25, -0.2) is 4.39 Å². The Labute approximate surface area is 136 Å². The van der Waals surface area contributed by atoms with Crippen molar-refractivity contribution < 1.29 is 18.1 Å². The third-order valence-corrected chi connectivity index (χ3v) is 4.04. The van der Waals surface area contributed by atoms with Gasteiger partial charge in [-0.2, -0.15) is 4.98 Å². The molecule has 0 spiro atoms. The summed E-state index contributed by atoms with van der Waals surface area (Å²) in [5.41, 5.74) is 0.645. The van der Waals surface area contributed by atoms with Gasteiger partial charge in [0.2, 0.25) is 5.91 Å². The zero-order valence-electron chi connectivity index (χ0n) is 12.7. The van der Waals surface area contributed by atoms with Crippen LogP contribution in [0.25, 0.3) is 11.5 Å². The largest absolute Gasteiger partial charge is 0.467 e. The first-order valence-corrected chi connectivity index (χ1v) is 7.59. The third-order valence-electron chi connectivity index (χ3n) is 4.04. The molecule has 1 fully saturated rings. The molecule has 2 aromatic heterocycles. The molecular formula is C17H14FN3O3. The first kappa shape index (κ1) is 14.6. The second kappa shape index (κ2) is 5.92. The summed E-state index contributed by atoms with van der Waals surface area (Å²) in [4.78, 5) is 18.2. The van der Waals surface area contributed by atoms with Crippen LogP contribution in [0.15, 0.2) is 51.6 Å². The Morgan fingerprint density at radius 3 is 2.83 bits per heavy atom. The number of hydrogen-bond donors (Lipinski definition) is 0. The van der Waals surface area contributed by atoms with Gasteiger partial charge in [0.1, 0.15) is 11.6 Å². The number of rotatable bonds is 4. The van der Waals surface area contributed by atoms with E-state index in [1.807, 2.05) is 6.07 Å². The highest BCUT2D eigenvalue weighted by atomic mass is 19.1. The maximum Gasteiger partial charge on any atom is 0.257 e. The SMILES string of the molecule is O=C1CC(c2noc(-c3ccc(F)cc3)n2)CN1Cc1ccco1. The van der Waals surface area contributed by atoms with Crippen molar-refractivity contribution in [3.63, 3.8) is 0 Å². The predicted octanol–water partition coefficient (Wildman–Crippen LogP) is 2.98. The summed E-state index contributed by atoms with van der Waals surface area (Å²) in [5, 5.41) is 3.98. The van der Waals surface area contributed by atoms with Crippen molar-refractivity contribution in [2.45, 2.75) is 18.9 Å². The lowest BCUT2D eigenvalue weighted by molar-refractivity contribution is -0.128. The number of carbonyl (C=O) groups is 1. The molecule has 6 nitrogen and oxygen atoms in total. The van der Waals surface area contributed by atoms with E-state index in [-0.39, 0.29) is 17.6 Å². The van der Waals surface area contributed by atoms with Crippen LogP contribution in [0.1, 0.15) is 23.9 Å². The summed E-state index contributed by atoms with van der Waals surface area (Å²) in [6.07, 6.45) is 1.92. The minimum absolute atomic E-state index is 0.0320. The lowest BCUT2D eigenvalue weighted by Crippen LogP contribution is -2.24. The van der Waals surface area contributed by atoms with Crippen molar-refractivity contribution in [1.29, 1.82) is 0 Å². The molecule has 3 heterocycles. The number of likely N-dealkylation sites (tertiary alicyclic amines) is 1. The predicted molar refractivity (Wildman–Crippen MR) is 81.2 cm³/mol. The van der Waals surface area contributed by atoms with Crippen LogP contribution in [0.2, 0.25) is 0 Å². The van der Waals surface area contributed by atoms with Crippen LogP contribution in [0.4, 0.5) is 4.39 Å². The molecule has 3 aromatic rings. The van der Waals surface area contributed by atoms with E-state index in [1.54, 1.807) is 29.4 Å². The zero-order valence-corrected chi connectivity index (χ0v) is 12.7. The standard InChI is InChI=1S/C17H14FN3O3/c18-13-5-3-11(4-6-13)17-19-16(20-24-17)12-8-15(22)21(9-12)10-14-2-1-7-23-14/h1-7,12H,8-10H2. The highest BCUT2D eigenvalue weighted by Gasteiger charge is 2.34. The average Bonchev–Trinajstić information content (AvgIpc) is 3.31. The number of nitrogens with zero attached hydrogens (tertiary/aromatic N) is 3. The molecule has 0 bridgehead atoms. The molecule has 1 saturated heterocycles. The summed E-state index contributed by atoms with van der Waals surface area (Å²) in [6, 6.07) is 9.46. The van der Waals surface area contributed by atoms with Crippen molar-refractivity contribution >= 4 is 5.91 Å². The fraction of sp³-hybridized carbons (Fsp3) is 0.235.